The number of hydrogen-bond donors (Lipinski definition) is 1. The van der Waals surface area contributed by atoms with E-state index < -0.39 is 12.0 Å². The third-order valence-electron chi connectivity index (χ3n) is 8.27. The zero-order chi connectivity index (χ0) is 22.6. The summed E-state index contributed by atoms with van der Waals surface area (Å²) < 4.78 is 6.12. The molecular formula is C26H35N3O4. The second-order valence-corrected chi connectivity index (χ2v) is 10.6. The lowest BCUT2D eigenvalue weighted by Crippen LogP contribution is -2.63. The number of benzene rings is 1. The van der Waals surface area contributed by atoms with Gasteiger partial charge >= 0.3 is 5.97 Å². The number of hydrogen-bond acceptors (Lipinski definition) is 6. The number of anilines is 1. The number of carboxylic acid groups (broad SMARTS) is 1. The maximum atomic E-state index is 11.7. The van der Waals surface area contributed by atoms with Crippen LogP contribution in [0, 0.1) is 0 Å². The first-order chi connectivity index (χ1) is 16.1. The average molecular weight is 454 g/mol. The maximum absolute atomic E-state index is 11.7. The first-order valence-electron chi connectivity index (χ1n) is 12.9. The summed E-state index contributed by atoms with van der Waals surface area (Å²) >= 11 is 0. The molecule has 2 saturated carbocycles. The fourth-order valence-corrected chi connectivity index (χ4v) is 6.08. The summed E-state index contributed by atoms with van der Waals surface area (Å²) in [4.78, 5) is 22.0. The summed E-state index contributed by atoms with van der Waals surface area (Å²) in [5.41, 5.74) is 3.91. The lowest BCUT2D eigenvalue weighted by Gasteiger charge is -2.47. The highest BCUT2D eigenvalue weighted by Crippen LogP contribution is 2.51. The molecule has 1 N–H and O–H groups in total. The van der Waals surface area contributed by atoms with E-state index in [-0.39, 0.29) is 5.60 Å². The Labute approximate surface area is 195 Å². The van der Waals surface area contributed by atoms with Gasteiger partial charge in [-0.15, -0.1) is 0 Å². The minimum atomic E-state index is -0.755. The van der Waals surface area contributed by atoms with Crippen LogP contribution in [0.2, 0.25) is 0 Å². The molecule has 5 aliphatic rings. The van der Waals surface area contributed by atoms with Crippen molar-refractivity contribution in [3.05, 3.63) is 23.3 Å². The molecule has 2 aliphatic carbocycles. The summed E-state index contributed by atoms with van der Waals surface area (Å²) in [5, 5.41) is 14.0. The number of ether oxygens (including phenoxy) is 1. The van der Waals surface area contributed by atoms with Crippen molar-refractivity contribution < 1.29 is 19.5 Å². The number of oxime groups is 1. The molecule has 0 bridgehead atoms. The van der Waals surface area contributed by atoms with Gasteiger partial charge in [0.2, 0.25) is 0 Å². The number of rotatable bonds is 6. The van der Waals surface area contributed by atoms with Crippen LogP contribution < -0.4 is 9.64 Å². The van der Waals surface area contributed by atoms with Crippen molar-refractivity contribution >= 4 is 17.5 Å². The van der Waals surface area contributed by atoms with Gasteiger partial charge in [-0.25, -0.2) is 4.79 Å². The fourth-order valence-electron chi connectivity index (χ4n) is 6.08. The van der Waals surface area contributed by atoms with E-state index in [9.17, 15) is 9.90 Å². The molecule has 2 saturated heterocycles. The third-order valence-corrected chi connectivity index (χ3v) is 8.27. The SMILES string of the molecule is CCOc1cc(C2CC2)c(C2CCC2)cc1N1CC2(CC(N3CCCCC3C(=O)O)=NO2)C1. The van der Waals surface area contributed by atoms with E-state index in [1.807, 2.05) is 4.90 Å². The van der Waals surface area contributed by atoms with Gasteiger partial charge in [0.05, 0.1) is 31.8 Å². The number of carboxylic acids is 1. The van der Waals surface area contributed by atoms with Gasteiger partial charge in [-0.3, -0.25) is 0 Å². The highest BCUT2D eigenvalue weighted by molar-refractivity contribution is 5.89. The van der Waals surface area contributed by atoms with Crippen molar-refractivity contribution in [3.63, 3.8) is 0 Å². The molecule has 0 aromatic heterocycles. The first-order valence-corrected chi connectivity index (χ1v) is 12.9. The molecule has 1 aromatic rings. The number of carbonyl (C=O) groups is 1. The number of likely N-dealkylation sites (tertiary alicyclic amines) is 1. The fraction of sp³-hybridized carbons (Fsp3) is 0.692. The van der Waals surface area contributed by atoms with Crippen LogP contribution in [-0.2, 0) is 9.63 Å². The van der Waals surface area contributed by atoms with Crippen molar-refractivity contribution in [1.29, 1.82) is 0 Å². The highest BCUT2D eigenvalue weighted by atomic mass is 16.7. The number of nitrogens with zero attached hydrogens (tertiary/aromatic N) is 3. The molecule has 1 unspecified atom stereocenters. The third kappa shape index (κ3) is 3.73. The zero-order valence-electron chi connectivity index (χ0n) is 19.6. The molecule has 0 radical (unpaired) electrons. The molecule has 1 spiro atoms. The second kappa shape index (κ2) is 8.10. The lowest BCUT2D eigenvalue weighted by molar-refractivity contribution is -0.142. The normalized spacial score (nSPS) is 26.5. The smallest absolute Gasteiger partial charge is 0.326 e. The summed E-state index contributed by atoms with van der Waals surface area (Å²) in [6.07, 6.45) is 9.90. The molecule has 4 fully saturated rings. The molecule has 0 amide bonds. The van der Waals surface area contributed by atoms with Crippen LogP contribution in [0.4, 0.5) is 5.69 Å². The molecule has 3 aliphatic heterocycles. The molecule has 6 rings (SSSR count). The minimum absolute atomic E-state index is 0.342. The largest absolute Gasteiger partial charge is 0.492 e. The van der Waals surface area contributed by atoms with Crippen LogP contribution in [0.25, 0.3) is 0 Å². The van der Waals surface area contributed by atoms with Gasteiger partial charge in [0.25, 0.3) is 0 Å². The standard InChI is InChI=1S/C26H35N3O4/c1-2-32-23-13-20(18-9-10-18)19(17-6-5-7-17)12-22(23)28-15-26(16-28)14-24(27-33-26)29-11-4-3-8-21(29)25(30)31/h12-13,17-18,21H,2-11,14-16H2,1H3,(H,30,31). The highest BCUT2D eigenvalue weighted by Gasteiger charge is 2.52. The van der Waals surface area contributed by atoms with E-state index in [2.05, 4.69) is 29.1 Å². The average Bonchev–Trinajstić information content (AvgIpc) is 3.50. The van der Waals surface area contributed by atoms with Gasteiger partial charge in [-0.1, -0.05) is 11.6 Å². The Balaban J connectivity index is 1.20. The number of piperidine rings is 1. The molecule has 7 nitrogen and oxygen atoms in total. The summed E-state index contributed by atoms with van der Waals surface area (Å²) in [6, 6.07) is 4.27. The van der Waals surface area contributed by atoms with E-state index in [0.29, 0.717) is 25.4 Å². The molecule has 1 atom stereocenters. The van der Waals surface area contributed by atoms with Crippen molar-refractivity contribution in [2.24, 2.45) is 5.16 Å². The van der Waals surface area contributed by atoms with Crippen LogP contribution in [0.5, 0.6) is 5.75 Å². The van der Waals surface area contributed by atoms with Crippen molar-refractivity contribution in [3.8, 4) is 5.75 Å². The van der Waals surface area contributed by atoms with Gasteiger partial charge in [0, 0.05) is 6.54 Å². The summed E-state index contributed by atoms with van der Waals surface area (Å²) in [7, 11) is 0. The van der Waals surface area contributed by atoms with Gasteiger partial charge in [-0.2, -0.15) is 0 Å². The monoisotopic (exact) mass is 453 g/mol. The van der Waals surface area contributed by atoms with Crippen LogP contribution in [-0.4, -0.2) is 59.7 Å². The minimum Gasteiger partial charge on any atom is -0.492 e. The van der Waals surface area contributed by atoms with Gasteiger partial charge in [-0.05, 0) is 87.0 Å². The molecule has 1 aromatic carbocycles. The Morgan fingerprint density at radius 1 is 1.12 bits per heavy atom. The van der Waals surface area contributed by atoms with Crippen LogP contribution in [0.15, 0.2) is 17.3 Å². The predicted molar refractivity (Wildman–Crippen MR) is 126 cm³/mol. The predicted octanol–water partition coefficient (Wildman–Crippen LogP) is 4.46. The van der Waals surface area contributed by atoms with E-state index in [1.165, 1.54) is 43.4 Å². The molecule has 7 heteroatoms. The van der Waals surface area contributed by atoms with Crippen molar-refractivity contribution in [2.45, 2.75) is 88.2 Å². The molecular weight excluding hydrogens is 418 g/mol. The van der Waals surface area contributed by atoms with Crippen LogP contribution >= 0.6 is 0 Å². The van der Waals surface area contributed by atoms with Gasteiger partial charge in [0.15, 0.2) is 5.60 Å². The quantitative estimate of drug-likeness (QED) is 0.685. The Kier molecular flexibility index (Phi) is 5.18. The van der Waals surface area contributed by atoms with E-state index >= 15 is 0 Å². The Morgan fingerprint density at radius 2 is 1.88 bits per heavy atom. The van der Waals surface area contributed by atoms with Gasteiger partial charge < -0.3 is 24.5 Å². The van der Waals surface area contributed by atoms with Crippen LogP contribution in [0.3, 0.4) is 0 Å². The van der Waals surface area contributed by atoms with E-state index in [4.69, 9.17) is 9.57 Å². The summed E-state index contributed by atoms with van der Waals surface area (Å²) in [5.74, 6) is 2.48. The van der Waals surface area contributed by atoms with Crippen molar-refractivity contribution in [1.82, 2.24) is 4.90 Å². The zero-order valence-corrected chi connectivity index (χ0v) is 19.6. The Bertz CT molecular complexity index is 963. The van der Waals surface area contributed by atoms with E-state index in [0.717, 1.165) is 50.0 Å². The maximum Gasteiger partial charge on any atom is 0.326 e. The Hall–Kier alpha value is -2.44. The van der Waals surface area contributed by atoms with Crippen molar-refractivity contribution in [2.75, 3.05) is 31.1 Å². The summed E-state index contributed by atoms with van der Waals surface area (Å²) in [6.45, 7) is 4.99. The Morgan fingerprint density at radius 3 is 2.55 bits per heavy atom. The van der Waals surface area contributed by atoms with E-state index in [1.54, 1.807) is 5.56 Å². The second-order valence-electron chi connectivity index (χ2n) is 10.6. The van der Waals surface area contributed by atoms with Gasteiger partial charge in [0.1, 0.15) is 17.6 Å². The number of aliphatic carboxylic acids is 1. The molecule has 33 heavy (non-hydrogen) atoms. The van der Waals surface area contributed by atoms with Crippen LogP contribution in [0.1, 0.15) is 87.7 Å². The lowest BCUT2D eigenvalue weighted by atomic mass is 9.77. The topological polar surface area (TPSA) is 74.6 Å². The molecule has 178 valence electrons. The first kappa shape index (κ1) is 21.1. The molecule has 3 heterocycles. The number of amidine groups is 1.